The molecule has 1 N–H and O–H groups in total. The molecule has 1 unspecified atom stereocenters. The van der Waals surface area contributed by atoms with Gasteiger partial charge < -0.3 is 9.63 Å². The second-order valence-electron chi connectivity index (χ2n) is 3.51. The minimum absolute atomic E-state index is 0.176. The fraction of sp³-hybridized carbons (Fsp3) is 0.778. The molecule has 0 aliphatic rings. The molecule has 1 atom stereocenters. The number of aliphatic hydroxyl groups is 1. The summed E-state index contributed by atoms with van der Waals surface area (Å²) in [6, 6.07) is 0. The van der Waals surface area contributed by atoms with Gasteiger partial charge in [0.1, 0.15) is 0 Å². The predicted molar refractivity (Wildman–Crippen MR) is 56.2 cm³/mol. The average molecular weight is 216 g/mol. The van der Waals surface area contributed by atoms with Gasteiger partial charge in [0.15, 0.2) is 5.82 Å². The van der Waals surface area contributed by atoms with E-state index < -0.39 is 0 Å². The van der Waals surface area contributed by atoms with Gasteiger partial charge in [0, 0.05) is 11.2 Å². The first-order valence-corrected chi connectivity index (χ1v) is 5.73. The van der Waals surface area contributed by atoms with Gasteiger partial charge >= 0.3 is 0 Å². The van der Waals surface area contributed by atoms with Crippen molar-refractivity contribution >= 4 is 11.8 Å². The number of aliphatic hydroxyl groups excluding tert-OH is 1. The first-order valence-electron chi connectivity index (χ1n) is 4.68. The van der Waals surface area contributed by atoms with Gasteiger partial charge in [-0.25, -0.2) is 0 Å². The Hall–Kier alpha value is -0.550. The zero-order valence-electron chi connectivity index (χ0n) is 8.73. The van der Waals surface area contributed by atoms with Gasteiger partial charge in [-0.3, -0.25) is 0 Å². The van der Waals surface area contributed by atoms with Crippen molar-refractivity contribution in [1.29, 1.82) is 0 Å². The third kappa shape index (κ3) is 3.31. The first-order chi connectivity index (χ1) is 6.63. The SMILES string of the molecule is CC(CO)SCc1nc(C(C)C)no1. The zero-order chi connectivity index (χ0) is 10.6. The Morgan fingerprint density at radius 2 is 2.14 bits per heavy atom. The lowest BCUT2D eigenvalue weighted by atomic mass is 10.2. The Kier molecular flexibility index (Phi) is 4.41. The van der Waals surface area contributed by atoms with E-state index in [0.717, 1.165) is 5.82 Å². The second-order valence-corrected chi connectivity index (χ2v) is 4.93. The maximum atomic E-state index is 8.82. The monoisotopic (exact) mass is 216 g/mol. The van der Waals surface area contributed by atoms with E-state index >= 15 is 0 Å². The number of hydrogen-bond donors (Lipinski definition) is 1. The van der Waals surface area contributed by atoms with Crippen LogP contribution in [-0.2, 0) is 5.75 Å². The highest BCUT2D eigenvalue weighted by Gasteiger charge is 2.10. The third-order valence-electron chi connectivity index (χ3n) is 1.75. The van der Waals surface area contributed by atoms with E-state index in [0.29, 0.717) is 17.6 Å². The molecule has 0 saturated carbocycles. The van der Waals surface area contributed by atoms with E-state index in [9.17, 15) is 0 Å². The summed E-state index contributed by atoms with van der Waals surface area (Å²) in [6.45, 7) is 6.19. The normalized spacial score (nSPS) is 13.5. The Morgan fingerprint density at radius 3 is 2.64 bits per heavy atom. The summed E-state index contributed by atoms with van der Waals surface area (Å²) in [4.78, 5) is 4.24. The number of thioether (sulfide) groups is 1. The summed E-state index contributed by atoms with van der Waals surface area (Å²) < 4.78 is 5.06. The molecular weight excluding hydrogens is 200 g/mol. The molecule has 0 aliphatic carbocycles. The summed E-state index contributed by atoms with van der Waals surface area (Å²) in [5.74, 6) is 2.35. The molecule has 0 aromatic carbocycles. The molecule has 0 amide bonds. The highest BCUT2D eigenvalue weighted by Crippen LogP contribution is 2.17. The van der Waals surface area contributed by atoms with E-state index in [4.69, 9.17) is 9.63 Å². The number of nitrogens with zero attached hydrogens (tertiary/aromatic N) is 2. The molecule has 4 nitrogen and oxygen atoms in total. The Labute approximate surface area is 88.1 Å². The summed E-state index contributed by atoms with van der Waals surface area (Å²) in [7, 11) is 0. The van der Waals surface area contributed by atoms with Crippen molar-refractivity contribution in [3.05, 3.63) is 11.7 Å². The van der Waals surface area contributed by atoms with Crippen molar-refractivity contribution in [3.8, 4) is 0 Å². The molecule has 0 saturated heterocycles. The maximum absolute atomic E-state index is 8.82. The van der Waals surface area contributed by atoms with Gasteiger partial charge in [-0.05, 0) is 0 Å². The van der Waals surface area contributed by atoms with Crippen LogP contribution in [0.2, 0.25) is 0 Å². The molecule has 0 fully saturated rings. The number of aromatic nitrogens is 2. The van der Waals surface area contributed by atoms with Gasteiger partial charge in [0.05, 0.1) is 12.4 Å². The minimum Gasteiger partial charge on any atom is -0.395 e. The minimum atomic E-state index is 0.176. The highest BCUT2D eigenvalue weighted by atomic mass is 32.2. The lowest BCUT2D eigenvalue weighted by Crippen LogP contribution is -2.02. The average Bonchev–Trinajstić information content (AvgIpc) is 2.62. The van der Waals surface area contributed by atoms with Crippen molar-refractivity contribution in [2.45, 2.75) is 37.7 Å². The molecule has 80 valence electrons. The van der Waals surface area contributed by atoms with Crippen molar-refractivity contribution in [2.24, 2.45) is 0 Å². The van der Waals surface area contributed by atoms with Gasteiger partial charge in [-0.15, -0.1) is 11.8 Å². The van der Waals surface area contributed by atoms with Crippen LogP contribution in [0.3, 0.4) is 0 Å². The van der Waals surface area contributed by atoms with Crippen molar-refractivity contribution in [3.63, 3.8) is 0 Å². The fourth-order valence-corrected chi connectivity index (χ4v) is 1.48. The van der Waals surface area contributed by atoms with Crippen LogP contribution in [0.5, 0.6) is 0 Å². The molecule has 1 aromatic heterocycles. The molecule has 14 heavy (non-hydrogen) atoms. The van der Waals surface area contributed by atoms with Crippen molar-refractivity contribution in [2.75, 3.05) is 6.61 Å². The molecule has 1 aromatic rings. The van der Waals surface area contributed by atoms with Gasteiger partial charge in [0.25, 0.3) is 0 Å². The fourth-order valence-electron chi connectivity index (χ4n) is 0.827. The molecule has 0 radical (unpaired) electrons. The summed E-state index contributed by atoms with van der Waals surface area (Å²) >= 11 is 1.61. The van der Waals surface area contributed by atoms with Gasteiger partial charge in [0.2, 0.25) is 5.89 Å². The maximum Gasteiger partial charge on any atom is 0.236 e. The van der Waals surface area contributed by atoms with E-state index in [2.05, 4.69) is 10.1 Å². The summed E-state index contributed by atoms with van der Waals surface area (Å²) in [5.41, 5.74) is 0. The van der Waals surface area contributed by atoms with Crippen LogP contribution in [-0.4, -0.2) is 27.1 Å². The van der Waals surface area contributed by atoms with Gasteiger partial charge in [-0.2, -0.15) is 4.98 Å². The van der Waals surface area contributed by atoms with Crippen molar-refractivity contribution in [1.82, 2.24) is 10.1 Å². The lowest BCUT2D eigenvalue weighted by molar-refractivity contribution is 0.300. The third-order valence-corrected chi connectivity index (χ3v) is 2.88. The second kappa shape index (κ2) is 5.36. The molecule has 0 aliphatic heterocycles. The molecule has 1 rings (SSSR count). The van der Waals surface area contributed by atoms with Crippen molar-refractivity contribution < 1.29 is 9.63 Å². The van der Waals surface area contributed by atoms with Crippen LogP contribution in [0.1, 0.15) is 38.4 Å². The first kappa shape index (κ1) is 11.5. The summed E-state index contributed by atoms with van der Waals surface area (Å²) in [6.07, 6.45) is 0. The van der Waals surface area contributed by atoms with Crippen LogP contribution in [0.4, 0.5) is 0 Å². The molecule has 1 heterocycles. The molecular formula is C9H16N2O2S. The van der Waals surface area contributed by atoms with Crippen LogP contribution in [0.25, 0.3) is 0 Å². The largest absolute Gasteiger partial charge is 0.395 e. The van der Waals surface area contributed by atoms with Gasteiger partial charge in [-0.1, -0.05) is 25.9 Å². The van der Waals surface area contributed by atoms with E-state index in [1.807, 2.05) is 20.8 Å². The Bertz CT molecular complexity index is 276. The van der Waals surface area contributed by atoms with E-state index in [1.54, 1.807) is 11.8 Å². The lowest BCUT2D eigenvalue weighted by Gasteiger charge is -2.03. The topological polar surface area (TPSA) is 59.2 Å². The quantitative estimate of drug-likeness (QED) is 0.813. The summed E-state index contributed by atoms with van der Waals surface area (Å²) in [5, 5.41) is 12.9. The standard InChI is InChI=1S/C9H16N2O2S/c1-6(2)9-10-8(13-11-9)5-14-7(3)4-12/h6-7,12H,4-5H2,1-3H3. The van der Waals surface area contributed by atoms with E-state index in [-0.39, 0.29) is 11.9 Å². The molecule has 0 spiro atoms. The van der Waals surface area contributed by atoms with E-state index in [1.165, 1.54) is 0 Å². The van der Waals surface area contributed by atoms with Crippen LogP contribution in [0.15, 0.2) is 4.52 Å². The molecule has 5 heteroatoms. The van der Waals surface area contributed by atoms with Crippen LogP contribution >= 0.6 is 11.8 Å². The zero-order valence-corrected chi connectivity index (χ0v) is 9.54. The Morgan fingerprint density at radius 1 is 1.43 bits per heavy atom. The number of hydrogen-bond acceptors (Lipinski definition) is 5. The number of rotatable bonds is 5. The van der Waals surface area contributed by atoms with Crippen LogP contribution in [0, 0.1) is 0 Å². The Balaban J connectivity index is 2.44. The molecule has 0 bridgehead atoms. The smallest absolute Gasteiger partial charge is 0.236 e. The van der Waals surface area contributed by atoms with Crippen LogP contribution < -0.4 is 0 Å². The predicted octanol–water partition coefficient (Wildman–Crippen LogP) is 1.81. The highest BCUT2D eigenvalue weighted by molar-refractivity contribution is 7.99.